The Morgan fingerprint density at radius 1 is 1.29 bits per heavy atom. The van der Waals surface area contributed by atoms with Crippen molar-refractivity contribution in [1.82, 2.24) is 15.0 Å². The smallest absolute Gasteiger partial charge is 0.303 e. The van der Waals surface area contributed by atoms with E-state index in [0.29, 0.717) is 6.42 Å². The first kappa shape index (κ1) is 11.3. The summed E-state index contributed by atoms with van der Waals surface area (Å²) in [5.74, 6) is -0.746. The Morgan fingerprint density at radius 3 is 2.65 bits per heavy atom. The van der Waals surface area contributed by atoms with Crippen molar-refractivity contribution in [2.24, 2.45) is 0 Å². The van der Waals surface area contributed by atoms with Gasteiger partial charge in [0.1, 0.15) is 0 Å². The summed E-state index contributed by atoms with van der Waals surface area (Å²) in [4.78, 5) is 10.4. The van der Waals surface area contributed by atoms with Gasteiger partial charge in [-0.3, -0.25) is 4.79 Å². The molecule has 1 aromatic carbocycles. The molecule has 1 N–H and O–H groups in total. The van der Waals surface area contributed by atoms with Crippen LogP contribution in [0.3, 0.4) is 0 Å². The van der Waals surface area contributed by atoms with Crippen LogP contribution in [0.2, 0.25) is 0 Å². The molecular weight excluding hydrogens is 218 g/mol. The van der Waals surface area contributed by atoms with Crippen LogP contribution in [0.1, 0.15) is 18.4 Å². The van der Waals surface area contributed by atoms with E-state index in [4.69, 9.17) is 5.11 Å². The topological polar surface area (TPSA) is 68.0 Å². The number of aliphatic carboxylic acids is 1. The van der Waals surface area contributed by atoms with E-state index >= 15 is 0 Å². The first-order valence-corrected chi connectivity index (χ1v) is 5.43. The molecule has 0 spiro atoms. The molecule has 1 aromatic heterocycles. The standard InChI is InChI=1S/C12H13N3O2/c16-12(17)3-1-2-10-4-6-11(7-5-10)15-9-8-13-14-15/h4-9H,1-3H2,(H,16,17). The zero-order valence-corrected chi connectivity index (χ0v) is 9.28. The minimum atomic E-state index is -0.746. The van der Waals surface area contributed by atoms with Gasteiger partial charge in [0.05, 0.1) is 18.1 Å². The van der Waals surface area contributed by atoms with Crippen LogP contribution in [0.15, 0.2) is 36.7 Å². The molecule has 5 nitrogen and oxygen atoms in total. The molecule has 0 fully saturated rings. The Hall–Kier alpha value is -2.17. The van der Waals surface area contributed by atoms with Gasteiger partial charge in [0, 0.05) is 6.42 Å². The lowest BCUT2D eigenvalue weighted by Crippen LogP contribution is -1.97. The van der Waals surface area contributed by atoms with Gasteiger partial charge in [-0.15, -0.1) is 5.10 Å². The van der Waals surface area contributed by atoms with Crippen molar-refractivity contribution < 1.29 is 9.90 Å². The number of carboxylic acids is 1. The minimum Gasteiger partial charge on any atom is -0.481 e. The van der Waals surface area contributed by atoms with Crippen molar-refractivity contribution in [1.29, 1.82) is 0 Å². The lowest BCUT2D eigenvalue weighted by Gasteiger charge is -2.03. The summed E-state index contributed by atoms with van der Waals surface area (Å²) in [6.45, 7) is 0. The summed E-state index contributed by atoms with van der Waals surface area (Å²) in [6, 6.07) is 7.87. The van der Waals surface area contributed by atoms with Crippen LogP contribution in [-0.4, -0.2) is 26.1 Å². The van der Waals surface area contributed by atoms with Gasteiger partial charge in [0.2, 0.25) is 0 Å². The van der Waals surface area contributed by atoms with E-state index in [-0.39, 0.29) is 6.42 Å². The number of rotatable bonds is 5. The first-order chi connectivity index (χ1) is 8.25. The summed E-state index contributed by atoms with van der Waals surface area (Å²) in [6.07, 6.45) is 5.06. The molecule has 0 bridgehead atoms. The zero-order chi connectivity index (χ0) is 12.1. The van der Waals surface area contributed by atoms with Crippen LogP contribution in [0.4, 0.5) is 0 Å². The minimum absolute atomic E-state index is 0.213. The van der Waals surface area contributed by atoms with Gasteiger partial charge in [-0.2, -0.15) is 0 Å². The highest BCUT2D eigenvalue weighted by atomic mass is 16.4. The maximum absolute atomic E-state index is 10.4. The number of carboxylic acid groups (broad SMARTS) is 1. The second kappa shape index (κ2) is 5.25. The average molecular weight is 231 g/mol. The lowest BCUT2D eigenvalue weighted by molar-refractivity contribution is -0.137. The Kier molecular flexibility index (Phi) is 3.49. The predicted octanol–water partition coefficient (Wildman–Crippen LogP) is 1.67. The molecule has 2 aromatic rings. The monoisotopic (exact) mass is 231 g/mol. The summed E-state index contributed by atoms with van der Waals surface area (Å²) < 4.78 is 1.68. The molecule has 5 heteroatoms. The van der Waals surface area contributed by atoms with E-state index in [1.165, 1.54) is 0 Å². The maximum Gasteiger partial charge on any atom is 0.303 e. The molecule has 0 amide bonds. The molecule has 1 heterocycles. The molecule has 88 valence electrons. The fourth-order valence-electron chi connectivity index (χ4n) is 1.61. The maximum atomic E-state index is 10.4. The van der Waals surface area contributed by atoms with Gasteiger partial charge in [0.15, 0.2) is 0 Å². The third-order valence-electron chi connectivity index (χ3n) is 2.48. The summed E-state index contributed by atoms with van der Waals surface area (Å²) in [5.41, 5.74) is 2.08. The molecule has 2 rings (SSSR count). The summed E-state index contributed by atoms with van der Waals surface area (Å²) >= 11 is 0. The quantitative estimate of drug-likeness (QED) is 0.850. The van der Waals surface area contributed by atoms with Gasteiger partial charge < -0.3 is 5.11 Å². The van der Waals surface area contributed by atoms with E-state index in [2.05, 4.69) is 10.3 Å². The number of nitrogens with zero attached hydrogens (tertiary/aromatic N) is 3. The zero-order valence-electron chi connectivity index (χ0n) is 9.28. The summed E-state index contributed by atoms with van der Waals surface area (Å²) in [5, 5.41) is 16.2. The fraction of sp³-hybridized carbons (Fsp3) is 0.250. The number of aryl methyl sites for hydroxylation is 1. The van der Waals surface area contributed by atoms with Gasteiger partial charge in [0.25, 0.3) is 0 Å². The van der Waals surface area contributed by atoms with E-state index < -0.39 is 5.97 Å². The molecule has 0 saturated heterocycles. The number of carbonyl (C=O) groups is 1. The average Bonchev–Trinajstić information content (AvgIpc) is 2.83. The Balaban J connectivity index is 1.96. The third kappa shape index (κ3) is 3.14. The van der Waals surface area contributed by atoms with Crippen molar-refractivity contribution in [3.8, 4) is 5.69 Å². The predicted molar refractivity (Wildman–Crippen MR) is 61.9 cm³/mol. The van der Waals surface area contributed by atoms with Gasteiger partial charge in [-0.05, 0) is 30.5 Å². The highest BCUT2D eigenvalue weighted by molar-refractivity contribution is 5.66. The van der Waals surface area contributed by atoms with E-state index in [0.717, 1.165) is 17.7 Å². The van der Waals surface area contributed by atoms with Crippen molar-refractivity contribution >= 4 is 5.97 Å². The molecule has 0 saturated carbocycles. The van der Waals surface area contributed by atoms with Crippen molar-refractivity contribution in [3.05, 3.63) is 42.2 Å². The molecular formula is C12H13N3O2. The fourth-order valence-corrected chi connectivity index (χ4v) is 1.61. The van der Waals surface area contributed by atoms with Crippen molar-refractivity contribution in [2.75, 3.05) is 0 Å². The molecule has 0 aliphatic rings. The number of hydrogen-bond acceptors (Lipinski definition) is 3. The molecule has 17 heavy (non-hydrogen) atoms. The second-order valence-electron chi connectivity index (χ2n) is 3.76. The largest absolute Gasteiger partial charge is 0.481 e. The van der Waals surface area contributed by atoms with E-state index in [9.17, 15) is 4.79 Å². The normalized spacial score (nSPS) is 10.4. The highest BCUT2D eigenvalue weighted by Crippen LogP contribution is 2.10. The number of hydrogen-bond donors (Lipinski definition) is 1. The van der Waals surface area contributed by atoms with Crippen LogP contribution in [0, 0.1) is 0 Å². The van der Waals surface area contributed by atoms with Gasteiger partial charge in [-0.1, -0.05) is 17.3 Å². The number of aromatic nitrogens is 3. The van der Waals surface area contributed by atoms with Crippen molar-refractivity contribution in [3.63, 3.8) is 0 Å². The van der Waals surface area contributed by atoms with Crippen LogP contribution in [0.5, 0.6) is 0 Å². The van der Waals surface area contributed by atoms with Crippen LogP contribution in [-0.2, 0) is 11.2 Å². The van der Waals surface area contributed by atoms with Crippen LogP contribution < -0.4 is 0 Å². The van der Waals surface area contributed by atoms with Gasteiger partial charge in [-0.25, -0.2) is 4.68 Å². The third-order valence-corrected chi connectivity index (χ3v) is 2.48. The lowest BCUT2D eigenvalue weighted by atomic mass is 10.1. The Labute approximate surface area is 98.7 Å². The molecule has 0 aliphatic carbocycles. The van der Waals surface area contributed by atoms with Crippen LogP contribution >= 0.6 is 0 Å². The second-order valence-corrected chi connectivity index (χ2v) is 3.76. The van der Waals surface area contributed by atoms with E-state index in [1.807, 2.05) is 24.3 Å². The van der Waals surface area contributed by atoms with Crippen molar-refractivity contribution in [2.45, 2.75) is 19.3 Å². The molecule has 0 radical (unpaired) electrons. The molecule has 0 unspecified atom stereocenters. The van der Waals surface area contributed by atoms with E-state index in [1.54, 1.807) is 17.1 Å². The van der Waals surface area contributed by atoms with Crippen LogP contribution in [0.25, 0.3) is 5.69 Å². The summed E-state index contributed by atoms with van der Waals surface area (Å²) in [7, 11) is 0. The SMILES string of the molecule is O=C(O)CCCc1ccc(-n2ccnn2)cc1. The Bertz CT molecular complexity index is 477. The first-order valence-electron chi connectivity index (χ1n) is 5.43. The molecule has 0 atom stereocenters. The highest BCUT2D eigenvalue weighted by Gasteiger charge is 2.00. The Morgan fingerprint density at radius 2 is 2.06 bits per heavy atom. The molecule has 0 aliphatic heterocycles. The number of benzene rings is 1. The van der Waals surface area contributed by atoms with Gasteiger partial charge >= 0.3 is 5.97 Å².